The molecule has 3 heteroatoms. The molecular weight excluding hydrogens is 372 g/mol. The molecule has 2 rings (SSSR count). The van der Waals surface area contributed by atoms with Crippen LogP contribution in [0, 0.1) is 0 Å². The Labute approximate surface area is 159 Å². The van der Waals surface area contributed by atoms with Crippen molar-refractivity contribution in [2.24, 2.45) is 0 Å². The van der Waals surface area contributed by atoms with Crippen LogP contribution in [0.5, 0.6) is 0 Å². The maximum atomic E-state index is 2.94. The van der Waals surface area contributed by atoms with Gasteiger partial charge in [-0.1, -0.05) is 109 Å². The minimum Gasteiger partial charge on any atom is -0.152 e. The van der Waals surface area contributed by atoms with Gasteiger partial charge in [-0.3, -0.25) is 0 Å². The van der Waals surface area contributed by atoms with Crippen LogP contribution < -0.4 is 0 Å². The van der Waals surface area contributed by atoms with Gasteiger partial charge in [-0.2, -0.15) is 22.7 Å². The van der Waals surface area contributed by atoms with Crippen LogP contribution in [0.3, 0.4) is 0 Å². The molecule has 2 aromatic rings. The highest BCUT2D eigenvalue weighted by Gasteiger charge is 1.59. The monoisotopic (exact) mass is 412 g/mol. The Balaban J connectivity index is -0.0000000355. The predicted octanol–water partition coefficient (Wildman–Crippen LogP) is 9.64. The van der Waals surface area contributed by atoms with Crippen LogP contribution in [-0.4, -0.2) is 5.83 Å². The maximum Gasteiger partial charge on any atom is -0.00848 e. The van der Waals surface area contributed by atoms with Crippen molar-refractivity contribution in [2.75, 3.05) is 5.83 Å². The summed E-state index contributed by atoms with van der Waals surface area (Å²) in [7, 11) is 0. The van der Waals surface area contributed by atoms with E-state index in [0.29, 0.717) is 0 Å². The van der Waals surface area contributed by atoms with Crippen molar-refractivity contribution in [3.63, 3.8) is 0 Å². The SMILES string of the molecule is CBr.CC.CC.CC.CC.CC.c1ccsc1.c1ccsc1. The van der Waals surface area contributed by atoms with E-state index in [1.54, 1.807) is 22.7 Å². The summed E-state index contributed by atoms with van der Waals surface area (Å²) in [6, 6.07) is 8.07. The highest BCUT2D eigenvalue weighted by atomic mass is 79.9. The van der Waals surface area contributed by atoms with E-state index in [1.165, 1.54) is 0 Å². The molecule has 2 aromatic heterocycles. The summed E-state index contributed by atoms with van der Waals surface area (Å²) in [6.45, 7) is 20.0. The van der Waals surface area contributed by atoms with E-state index in [-0.39, 0.29) is 0 Å². The number of hydrogen-bond acceptors (Lipinski definition) is 2. The molecule has 2 heterocycles. The van der Waals surface area contributed by atoms with Gasteiger partial charge in [0.1, 0.15) is 0 Å². The Morgan fingerprint density at radius 2 is 0.545 bits per heavy atom. The normalized spacial score (nSPS) is 5.27. The smallest absolute Gasteiger partial charge is 0.00848 e. The number of rotatable bonds is 0. The lowest BCUT2D eigenvalue weighted by atomic mass is 10.7. The average Bonchev–Trinajstić information content (AvgIpc) is 3.43. The van der Waals surface area contributed by atoms with E-state index in [1.807, 2.05) is 121 Å². The van der Waals surface area contributed by atoms with E-state index < -0.39 is 0 Å². The Kier molecular flexibility index (Phi) is 145. The van der Waals surface area contributed by atoms with Crippen LogP contribution in [0.4, 0.5) is 0 Å². The van der Waals surface area contributed by atoms with Gasteiger partial charge in [-0.25, -0.2) is 0 Å². The van der Waals surface area contributed by atoms with Crippen molar-refractivity contribution in [1.82, 2.24) is 0 Å². The fourth-order valence-electron chi connectivity index (χ4n) is 0.454. The molecule has 0 amide bonds. The Morgan fingerprint density at radius 3 is 0.591 bits per heavy atom. The zero-order valence-corrected chi connectivity index (χ0v) is 20.0. The number of thiophene rings is 2. The highest BCUT2D eigenvalue weighted by molar-refractivity contribution is 9.08. The molecular formula is C19H41BrS2. The number of hydrogen-bond donors (Lipinski definition) is 0. The largest absolute Gasteiger partial charge is 0.152 e. The topological polar surface area (TPSA) is 0 Å². The zero-order valence-electron chi connectivity index (χ0n) is 16.8. The van der Waals surface area contributed by atoms with Crippen LogP contribution in [0.1, 0.15) is 69.2 Å². The summed E-state index contributed by atoms with van der Waals surface area (Å²) in [5.41, 5.74) is 0. The van der Waals surface area contributed by atoms with E-state index in [9.17, 15) is 0 Å². The second-order valence-electron chi connectivity index (χ2n) is 1.59. The molecule has 0 unspecified atom stereocenters. The van der Waals surface area contributed by atoms with Gasteiger partial charge in [-0.15, -0.1) is 0 Å². The van der Waals surface area contributed by atoms with Gasteiger partial charge in [0.05, 0.1) is 0 Å². The molecule has 0 atom stereocenters. The predicted molar refractivity (Wildman–Crippen MR) is 120 cm³/mol. The van der Waals surface area contributed by atoms with Crippen molar-refractivity contribution in [3.8, 4) is 0 Å². The van der Waals surface area contributed by atoms with Crippen LogP contribution in [0.2, 0.25) is 0 Å². The average molecular weight is 414 g/mol. The molecule has 0 saturated carbocycles. The van der Waals surface area contributed by atoms with E-state index in [2.05, 4.69) is 15.9 Å². The molecule has 0 aromatic carbocycles. The molecule has 0 radical (unpaired) electrons. The minimum absolute atomic E-state index is 1.71. The van der Waals surface area contributed by atoms with Crippen molar-refractivity contribution in [2.45, 2.75) is 69.2 Å². The van der Waals surface area contributed by atoms with Gasteiger partial charge in [0.25, 0.3) is 0 Å². The molecule has 0 aliphatic heterocycles. The van der Waals surface area contributed by atoms with Gasteiger partial charge in [0.15, 0.2) is 0 Å². The lowest BCUT2D eigenvalue weighted by molar-refractivity contribution is 1.50. The minimum atomic E-state index is 1.71. The first-order valence-electron chi connectivity index (χ1n) is 8.32. The highest BCUT2D eigenvalue weighted by Crippen LogP contribution is 1.92. The molecule has 0 saturated heterocycles. The molecule has 136 valence electrons. The third kappa shape index (κ3) is 72.6. The fraction of sp³-hybridized carbons (Fsp3) is 0.579. The van der Waals surface area contributed by atoms with Crippen LogP contribution >= 0.6 is 38.6 Å². The Bertz CT molecular complexity index is 155. The number of alkyl halides is 1. The van der Waals surface area contributed by atoms with Crippen molar-refractivity contribution in [3.05, 3.63) is 45.8 Å². The molecule has 0 N–H and O–H groups in total. The standard InChI is InChI=1S/2C4H4S.5C2H6.CH3Br/c2*1-2-4-5-3-1;6*1-2/h2*1-4H;5*1-2H3;1H3. The molecule has 0 aliphatic carbocycles. The summed E-state index contributed by atoms with van der Waals surface area (Å²) in [5.74, 6) is 1.81. The van der Waals surface area contributed by atoms with Crippen molar-refractivity contribution in [1.29, 1.82) is 0 Å². The molecule has 22 heavy (non-hydrogen) atoms. The summed E-state index contributed by atoms with van der Waals surface area (Å²) in [6.07, 6.45) is 0. The molecule has 0 spiro atoms. The summed E-state index contributed by atoms with van der Waals surface area (Å²) < 4.78 is 0. The van der Waals surface area contributed by atoms with Crippen molar-refractivity contribution < 1.29 is 0 Å². The Morgan fingerprint density at radius 1 is 0.409 bits per heavy atom. The van der Waals surface area contributed by atoms with E-state index in [4.69, 9.17) is 0 Å². The maximum absolute atomic E-state index is 2.94. The first-order valence-corrected chi connectivity index (χ1v) is 11.8. The lowest BCUT2D eigenvalue weighted by Crippen LogP contribution is -1.16. The zero-order chi connectivity index (χ0) is 19.1. The van der Waals surface area contributed by atoms with Crippen LogP contribution in [-0.2, 0) is 0 Å². The van der Waals surface area contributed by atoms with Gasteiger partial charge in [0, 0.05) is 0 Å². The summed E-state index contributed by atoms with van der Waals surface area (Å²) in [4.78, 5) is 0. The van der Waals surface area contributed by atoms with Gasteiger partial charge < -0.3 is 0 Å². The van der Waals surface area contributed by atoms with E-state index >= 15 is 0 Å². The van der Waals surface area contributed by atoms with E-state index in [0.717, 1.165) is 0 Å². The second kappa shape index (κ2) is 84.5. The third-order valence-corrected chi connectivity index (χ3v) is 2.11. The molecule has 0 bridgehead atoms. The summed E-state index contributed by atoms with van der Waals surface area (Å²) >= 11 is 6.36. The first-order chi connectivity index (χ1) is 11.0. The molecule has 0 aliphatic rings. The molecule has 0 fully saturated rings. The van der Waals surface area contributed by atoms with Gasteiger partial charge in [-0.05, 0) is 27.4 Å². The van der Waals surface area contributed by atoms with Crippen LogP contribution in [0.15, 0.2) is 45.8 Å². The lowest BCUT2D eigenvalue weighted by Gasteiger charge is -1.39. The first kappa shape index (κ1) is 37.8. The quantitative estimate of drug-likeness (QED) is 0.377. The third-order valence-electron chi connectivity index (χ3n) is 0.851. The number of halogens is 1. The second-order valence-corrected chi connectivity index (χ2v) is 3.22. The van der Waals surface area contributed by atoms with Gasteiger partial charge in [0.2, 0.25) is 0 Å². The fourth-order valence-corrected chi connectivity index (χ4v) is 1.36. The molecule has 0 nitrogen and oxygen atoms in total. The summed E-state index contributed by atoms with van der Waals surface area (Å²) in [5, 5.41) is 8.17. The Hall–Kier alpha value is -0.120. The van der Waals surface area contributed by atoms with Crippen LogP contribution in [0.25, 0.3) is 0 Å². The van der Waals surface area contributed by atoms with Crippen molar-refractivity contribution >= 4 is 38.6 Å². The van der Waals surface area contributed by atoms with Gasteiger partial charge >= 0.3 is 0 Å².